The number of benzene rings is 1. The molecule has 158 valence electrons. The standard InChI is InChI=1S/C21H28ClN3O4/c1-2-29-21(28)24-12-9-18(10-13-24)23-19(26)16-4-3-11-25(14-16)20(27)15-5-7-17(22)8-6-15/h5-8,16,18H,2-4,9-14H2,1H3,(H,23,26). The van der Waals surface area contributed by atoms with Crippen molar-refractivity contribution in [3.63, 3.8) is 0 Å². The van der Waals surface area contributed by atoms with Gasteiger partial charge in [0, 0.05) is 42.8 Å². The summed E-state index contributed by atoms with van der Waals surface area (Å²) in [6.45, 7) is 4.39. The molecule has 2 aliphatic rings. The Morgan fingerprint density at radius 2 is 1.76 bits per heavy atom. The van der Waals surface area contributed by atoms with Crippen LogP contribution in [0.25, 0.3) is 0 Å². The number of rotatable bonds is 4. The van der Waals surface area contributed by atoms with Crippen molar-refractivity contribution in [3.8, 4) is 0 Å². The molecular formula is C21H28ClN3O4. The predicted molar refractivity (Wildman–Crippen MR) is 110 cm³/mol. The van der Waals surface area contributed by atoms with Crippen LogP contribution in [0, 0.1) is 5.92 Å². The summed E-state index contributed by atoms with van der Waals surface area (Å²) in [5.74, 6) is -0.279. The molecule has 0 spiro atoms. The van der Waals surface area contributed by atoms with E-state index in [1.54, 1.807) is 41.0 Å². The molecule has 1 N–H and O–H groups in total. The minimum Gasteiger partial charge on any atom is -0.450 e. The summed E-state index contributed by atoms with van der Waals surface area (Å²) in [5.41, 5.74) is 0.585. The molecule has 0 radical (unpaired) electrons. The van der Waals surface area contributed by atoms with Gasteiger partial charge in [-0.3, -0.25) is 9.59 Å². The van der Waals surface area contributed by atoms with Crippen LogP contribution >= 0.6 is 11.6 Å². The molecule has 1 atom stereocenters. The van der Waals surface area contributed by atoms with E-state index in [9.17, 15) is 14.4 Å². The van der Waals surface area contributed by atoms with Gasteiger partial charge in [0.15, 0.2) is 0 Å². The van der Waals surface area contributed by atoms with Gasteiger partial charge in [0.25, 0.3) is 5.91 Å². The molecule has 0 saturated carbocycles. The molecule has 8 heteroatoms. The molecule has 0 bridgehead atoms. The van der Waals surface area contributed by atoms with Gasteiger partial charge in [-0.1, -0.05) is 11.6 Å². The molecule has 2 fully saturated rings. The van der Waals surface area contributed by atoms with Crippen LogP contribution in [-0.2, 0) is 9.53 Å². The van der Waals surface area contributed by atoms with Crippen molar-refractivity contribution in [1.82, 2.24) is 15.1 Å². The first-order valence-electron chi connectivity index (χ1n) is 10.2. The van der Waals surface area contributed by atoms with E-state index in [2.05, 4.69) is 5.32 Å². The highest BCUT2D eigenvalue weighted by molar-refractivity contribution is 6.30. The van der Waals surface area contributed by atoms with Crippen molar-refractivity contribution >= 4 is 29.5 Å². The number of piperidine rings is 2. The number of hydrogen-bond acceptors (Lipinski definition) is 4. The van der Waals surface area contributed by atoms with Crippen molar-refractivity contribution in [1.29, 1.82) is 0 Å². The molecule has 7 nitrogen and oxygen atoms in total. The summed E-state index contributed by atoms with van der Waals surface area (Å²) in [4.78, 5) is 40.7. The van der Waals surface area contributed by atoms with Gasteiger partial charge in [0.2, 0.25) is 5.91 Å². The van der Waals surface area contributed by atoms with Gasteiger partial charge in [-0.15, -0.1) is 0 Å². The zero-order valence-corrected chi connectivity index (χ0v) is 17.5. The summed E-state index contributed by atoms with van der Waals surface area (Å²) in [6, 6.07) is 6.88. The second-order valence-electron chi connectivity index (χ2n) is 7.57. The quantitative estimate of drug-likeness (QED) is 0.810. The van der Waals surface area contributed by atoms with Crippen LogP contribution in [0.3, 0.4) is 0 Å². The summed E-state index contributed by atoms with van der Waals surface area (Å²) >= 11 is 5.89. The van der Waals surface area contributed by atoms with Gasteiger partial charge < -0.3 is 19.9 Å². The lowest BCUT2D eigenvalue weighted by atomic mass is 9.95. The number of nitrogens with one attached hydrogen (secondary N) is 1. The van der Waals surface area contributed by atoms with Gasteiger partial charge in [-0.05, 0) is 56.9 Å². The van der Waals surface area contributed by atoms with Crippen LogP contribution in [0.4, 0.5) is 4.79 Å². The predicted octanol–water partition coefficient (Wildman–Crippen LogP) is 2.93. The molecule has 0 aliphatic carbocycles. The third-order valence-electron chi connectivity index (χ3n) is 5.54. The molecular weight excluding hydrogens is 394 g/mol. The van der Waals surface area contributed by atoms with Gasteiger partial charge >= 0.3 is 6.09 Å². The fourth-order valence-corrected chi connectivity index (χ4v) is 4.02. The van der Waals surface area contributed by atoms with Gasteiger partial charge in [0.1, 0.15) is 0 Å². The first-order valence-corrected chi connectivity index (χ1v) is 10.6. The zero-order chi connectivity index (χ0) is 20.8. The Kier molecular flexibility index (Phi) is 7.36. The van der Waals surface area contributed by atoms with Crippen molar-refractivity contribution in [2.75, 3.05) is 32.8 Å². The largest absolute Gasteiger partial charge is 0.450 e. The maximum absolute atomic E-state index is 12.8. The van der Waals surface area contributed by atoms with E-state index in [-0.39, 0.29) is 29.9 Å². The van der Waals surface area contributed by atoms with Crippen molar-refractivity contribution in [3.05, 3.63) is 34.9 Å². The van der Waals surface area contributed by atoms with E-state index >= 15 is 0 Å². The summed E-state index contributed by atoms with van der Waals surface area (Å²) in [6.07, 6.45) is 2.72. The molecule has 2 aliphatic heterocycles. The van der Waals surface area contributed by atoms with Gasteiger partial charge in [-0.2, -0.15) is 0 Å². The van der Waals surface area contributed by atoms with Gasteiger partial charge in [0.05, 0.1) is 12.5 Å². The molecule has 2 heterocycles. The van der Waals surface area contributed by atoms with E-state index in [4.69, 9.17) is 16.3 Å². The number of carbonyl (C=O) groups excluding carboxylic acids is 3. The highest BCUT2D eigenvalue weighted by Gasteiger charge is 2.31. The SMILES string of the molecule is CCOC(=O)N1CCC(NC(=O)C2CCCN(C(=O)c3ccc(Cl)cc3)C2)CC1. The monoisotopic (exact) mass is 421 g/mol. The lowest BCUT2D eigenvalue weighted by Gasteiger charge is -2.35. The topological polar surface area (TPSA) is 79.0 Å². The average molecular weight is 422 g/mol. The number of amides is 3. The van der Waals surface area contributed by atoms with Crippen LogP contribution in [0.1, 0.15) is 43.0 Å². The molecule has 1 aromatic rings. The first kappa shape index (κ1) is 21.4. The van der Waals surface area contributed by atoms with Crippen LogP contribution in [0.15, 0.2) is 24.3 Å². The van der Waals surface area contributed by atoms with Crippen LogP contribution < -0.4 is 5.32 Å². The Morgan fingerprint density at radius 1 is 1.07 bits per heavy atom. The molecule has 3 amide bonds. The smallest absolute Gasteiger partial charge is 0.409 e. The van der Waals surface area contributed by atoms with E-state index in [0.717, 1.165) is 12.8 Å². The van der Waals surface area contributed by atoms with Crippen LogP contribution in [0.2, 0.25) is 5.02 Å². The Balaban J connectivity index is 1.49. The number of halogens is 1. The molecule has 1 unspecified atom stereocenters. The summed E-state index contributed by atoms with van der Waals surface area (Å²) < 4.78 is 5.02. The number of carbonyl (C=O) groups is 3. The maximum Gasteiger partial charge on any atom is 0.409 e. The Hall–Kier alpha value is -2.28. The number of nitrogens with zero attached hydrogens (tertiary/aromatic N) is 2. The zero-order valence-electron chi connectivity index (χ0n) is 16.7. The van der Waals surface area contributed by atoms with Gasteiger partial charge in [-0.25, -0.2) is 4.79 Å². The molecule has 3 rings (SSSR count). The highest BCUT2D eigenvalue weighted by atomic mass is 35.5. The fraction of sp³-hybridized carbons (Fsp3) is 0.571. The Morgan fingerprint density at radius 3 is 2.41 bits per heavy atom. The van der Waals surface area contributed by atoms with Crippen molar-refractivity contribution in [2.24, 2.45) is 5.92 Å². The van der Waals surface area contributed by atoms with E-state index in [1.807, 2.05) is 0 Å². The normalized spacial score (nSPS) is 20.3. The molecule has 1 aromatic carbocycles. The average Bonchev–Trinajstić information content (AvgIpc) is 2.74. The number of likely N-dealkylation sites (tertiary alicyclic amines) is 2. The van der Waals surface area contributed by atoms with Crippen LogP contribution in [-0.4, -0.2) is 66.5 Å². The first-order chi connectivity index (χ1) is 14.0. The second-order valence-corrected chi connectivity index (χ2v) is 8.00. The fourth-order valence-electron chi connectivity index (χ4n) is 3.89. The Labute approximate surface area is 176 Å². The molecule has 29 heavy (non-hydrogen) atoms. The number of hydrogen-bond donors (Lipinski definition) is 1. The number of ether oxygens (including phenoxy) is 1. The third-order valence-corrected chi connectivity index (χ3v) is 5.79. The lowest BCUT2D eigenvalue weighted by molar-refractivity contribution is -0.127. The minimum atomic E-state index is -0.291. The van der Waals surface area contributed by atoms with Crippen molar-refractivity contribution in [2.45, 2.75) is 38.6 Å². The lowest BCUT2D eigenvalue weighted by Crippen LogP contribution is -2.50. The highest BCUT2D eigenvalue weighted by Crippen LogP contribution is 2.21. The van der Waals surface area contributed by atoms with Crippen molar-refractivity contribution < 1.29 is 19.1 Å². The summed E-state index contributed by atoms with van der Waals surface area (Å²) in [7, 11) is 0. The summed E-state index contributed by atoms with van der Waals surface area (Å²) in [5, 5.41) is 3.70. The van der Waals surface area contributed by atoms with Crippen LogP contribution in [0.5, 0.6) is 0 Å². The second kappa shape index (κ2) is 9.96. The minimum absolute atomic E-state index is 0.00630. The molecule has 0 aromatic heterocycles. The van der Waals surface area contributed by atoms with E-state index < -0.39 is 0 Å². The molecule has 2 saturated heterocycles. The van der Waals surface area contributed by atoms with E-state index in [0.29, 0.717) is 56.2 Å². The maximum atomic E-state index is 12.8. The third kappa shape index (κ3) is 5.63. The Bertz CT molecular complexity index is 732. The van der Waals surface area contributed by atoms with E-state index in [1.165, 1.54) is 0 Å².